The molecule has 0 aromatic heterocycles. The third-order valence-corrected chi connectivity index (χ3v) is 2.60. The van der Waals surface area contributed by atoms with Crippen LogP contribution in [-0.2, 0) is 9.05 Å². The van der Waals surface area contributed by atoms with Gasteiger partial charge in [-0.2, -0.15) is 0 Å². The molecule has 0 heterocycles. The van der Waals surface area contributed by atoms with Crippen molar-refractivity contribution in [2.75, 3.05) is 0 Å². The molecule has 0 atom stereocenters. The van der Waals surface area contributed by atoms with Crippen LogP contribution in [0.25, 0.3) is 0 Å². The summed E-state index contributed by atoms with van der Waals surface area (Å²) in [5.74, 6) is 0. The van der Waals surface area contributed by atoms with E-state index < -0.39 is 7.58 Å². The van der Waals surface area contributed by atoms with Gasteiger partial charge in [-0.15, -0.1) is 0 Å². The van der Waals surface area contributed by atoms with Crippen LogP contribution < -0.4 is 0 Å². The van der Waals surface area contributed by atoms with Gasteiger partial charge in [-0.25, -0.2) is 0 Å². The summed E-state index contributed by atoms with van der Waals surface area (Å²) >= 11 is 4.24. The molecule has 0 aliphatic rings. The maximum atomic E-state index is 5.52. The highest BCUT2D eigenvalue weighted by Gasteiger charge is 2.22. The Morgan fingerprint density at radius 2 is 1.08 bits per heavy atom. The van der Waals surface area contributed by atoms with Crippen LogP contribution >= 0.6 is 19.8 Å². The second-order valence-electron chi connectivity index (χ2n) is 4.65. The first-order chi connectivity index (χ1) is 5.10. The quantitative estimate of drug-likeness (QED) is 0.552. The molecular weight excluding hydrogens is 191 g/mol. The van der Waals surface area contributed by atoms with Crippen LogP contribution in [-0.4, -0.2) is 11.2 Å². The highest BCUT2D eigenvalue weighted by atomic mass is 32.7. The molecule has 0 N–H and O–H groups in total. The molecule has 0 aliphatic heterocycles. The lowest BCUT2D eigenvalue weighted by Gasteiger charge is -2.28. The third-order valence-electron chi connectivity index (χ3n) is 0.704. The van der Waals surface area contributed by atoms with Gasteiger partial charge in [0.1, 0.15) is 0 Å². The van der Waals surface area contributed by atoms with Crippen molar-refractivity contribution in [2.45, 2.75) is 52.7 Å². The van der Waals surface area contributed by atoms with E-state index in [0.29, 0.717) is 0 Å². The maximum Gasteiger partial charge on any atom is 0.235 e. The summed E-state index contributed by atoms with van der Waals surface area (Å²) in [6.07, 6.45) is 0. The zero-order chi connectivity index (χ0) is 9.99. The Morgan fingerprint density at radius 1 is 0.833 bits per heavy atom. The topological polar surface area (TPSA) is 18.5 Å². The Bertz CT molecular complexity index is 121. The van der Waals surface area contributed by atoms with Crippen LogP contribution in [0.2, 0.25) is 0 Å². The Labute approximate surface area is 82.1 Å². The van der Waals surface area contributed by atoms with Crippen molar-refractivity contribution in [3.8, 4) is 0 Å². The van der Waals surface area contributed by atoms with Gasteiger partial charge in [0.05, 0.1) is 11.2 Å². The first-order valence-corrected chi connectivity index (χ1v) is 6.30. The molecule has 0 bridgehead atoms. The van der Waals surface area contributed by atoms with Gasteiger partial charge in [0, 0.05) is 0 Å². The molecule has 2 nitrogen and oxygen atoms in total. The number of rotatable bonds is 2. The molecule has 74 valence electrons. The van der Waals surface area contributed by atoms with E-state index in [1.54, 1.807) is 0 Å². The molecular formula is C8H19O2PS. The monoisotopic (exact) mass is 210 g/mol. The van der Waals surface area contributed by atoms with Crippen molar-refractivity contribution in [3.05, 3.63) is 0 Å². The lowest BCUT2D eigenvalue weighted by molar-refractivity contribution is 0.0815. The summed E-state index contributed by atoms with van der Waals surface area (Å²) in [5.41, 5.74) is -0.364. The van der Waals surface area contributed by atoms with Gasteiger partial charge in [0.25, 0.3) is 0 Å². The second kappa shape index (κ2) is 4.28. The van der Waals surface area contributed by atoms with E-state index in [4.69, 9.17) is 9.05 Å². The van der Waals surface area contributed by atoms with Gasteiger partial charge >= 0.3 is 0 Å². The zero-order valence-corrected chi connectivity index (χ0v) is 10.5. The standard InChI is InChI=1S/C8H19O2PS/c1-7(2,3)9-11(12)10-8(4,5)6/h12H,1-6H3. The Kier molecular flexibility index (Phi) is 4.53. The average molecular weight is 210 g/mol. The molecule has 0 spiro atoms. The summed E-state index contributed by atoms with van der Waals surface area (Å²) in [7, 11) is -1.06. The van der Waals surface area contributed by atoms with Gasteiger partial charge < -0.3 is 9.05 Å². The molecule has 0 aromatic carbocycles. The molecule has 12 heavy (non-hydrogen) atoms. The van der Waals surface area contributed by atoms with Crippen LogP contribution in [0.5, 0.6) is 0 Å². The van der Waals surface area contributed by atoms with Gasteiger partial charge in [-0.3, -0.25) is 0 Å². The number of thiol groups is 1. The largest absolute Gasteiger partial charge is 0.320 e. The lowest BCUT2D eigenvalue weighted by Crippen LogP contribution is -2.20. The summed E-state index contributed by atoms with van der Waals surface area (Å²) in [4.78, 5) is 0. The molecule has 0 fully saturated rings. The fraction of sp³-hybridized carbons (Fsp3) is 1.00. The average Bonchev–Trinajstić information content (AvgIpc) is 1.49. The van der Waals surface area contributed by atoms with Crippen LogP contribution in [0, 0.1) is 0 Å². The first-order valence-electron chi connectivity index (χ1n) is 3.97. The summed E-state index contributed by atoms with van der Waals surface area (Å²) in [6, 6.07) is 0. The Balaban J connectivity index is 3.83. The van der Waals surface area contributed by atoms with Crippen LogP contribution in [0.4, 0.5) is 0 Å². The smallest absolute Gasteiger partial charge is 0.235 e. The normalized spacial score (nSPS) is 14.0. The minimum atomic E-state index is -1.06. The number of hydrogen-bond donors (Lipinski definition) is 1. The molecule has 0 unspecified atom stereocenters. The van der Waals surface area contributed by atoms with Crippen LogP contribution in [0.15, 0.2) is 0 Å². The minimum absolute atomic E-state index is 0.182. The van der Waals surface area contributed by atoms with E-state index >= 15 is 0 Å². The van der Waals surface area contributed by atoms with E-state index in [1.165, 1.54) is 0 Å². The highest BCUT2D eigenvalue weighted by Crippen LogP contribution is 2.49. The number of hydrogen-bond acceptors (Lipinski definition) is 3. The molecule has 0 saturated heterocycles. The Morgan fingerprint density at radius 3 is 1.25 bits per heavy atom. The first kappa shape index (κ1) is 12.7. The van der Waals surface area contributed by atoms with Crippen molar-refractivity contribution in [1.82, 2.24) is 0 Å². The fourth-order valence-corrected chi connectivity index (χ4v) is 2.93. The highest BCUT2D eigenvalue weighted by molar-refractivity contribution is 8.41. The van der Waals surface area contributed by atoms with Crippen LogP contribution in [0.3, 0.4) is 0 Å². The molecule has 0 aliphatic carbocycles. The van der Waals surface area contributed by atoms with Crippen molar-refractivity contribution in [2.24, 2.45) is 0 Å². The molecule has 0 amide bonds. The predicted octanol–water partition coefficient (Wildman–Crippen LogP) is 3.77. The molecule has 0 rings (SSSR count). The summed E-state index contributed by atoms with van der Waals surface area (Å²) in [5, 5.41) is 0. The third kappa shape index (κ3) is 8.79. The van der Waals surface area contributed by atoms with Gasteiger partial charge in [-0.1, -0.05) is 12.2 Å². The fourth-order valence-electron chi connectivity index (χ4n) is 0.487. The van der Waals surface area contributed by atoms with Gasteiger partial charge in [-0.05, 0) is 41.5 Å². The summed E-state index contributed by atoms with van der Waals surface area (Å²) < 4.78 is 11.0. The van der Waals surface area contributed by atoms with E-state index in [1.807, 2.05) is 41.5 Å². The van der Waals surface area contributed by atoms with Crippen molar-refractivity contribution < 1.29 is 9.05 Å². The van der Waals surface area contributed by atoms with Gasteiger partial charge in [0.15, 0.2) is 0 Å². The van der Waals surface area contributed by atoms with E-state index in [0.717, 1.165) is 0 Å². The molecule has 0 saturated carbocycles. The SMILES string of the molecule is CC(C)(C)OP(S)OC(C)(C)C. The minimum Gasteiger partial charge on any atom is -0.320 e. The second-order valence-corrected chi connectivity index (χ2v) is 6.47. The van der Waals surface area contributed by atoms with Crippen molar-refractivity contribution in [3.63, 3.8) is 0 Å². The van der Waals surface area contributed by atoms with Crippen molar-refractivity contribution in [1.29, 1.82) is 0 Å². The maximum absolute atomic E-state index is 5.52. The van der Waals surface area contributed by atoms with E-state index in [2.05, 4.69) is 12.2 Å². The molecule has 0 aromatic rings. The molecule has 4 heteroatoms. The van der Waals surface area contributed by atoms with Crippen molar-refractivity contribution >= 4 is 19.8 Å². The van der Waals surface area contributed by atoms with E-state index in [9.17, 15) is 0 Å². The summed E-state index contributed by atoms with van der Waals surface area (Å²) in [6.45, 7) is 11.9. The molecule has 0 radical (unpaired) electrons. The lowest BCUT2D eigenvalue weighted by atomic mass is 10.2. The predicted molar refractivity (Wildman–Crippen MR) is 57.6 cm³/mol. The van der Waals surface area contributed by atoms with Gasteiger partial charge in [0.2, 0.25) is 7.58 Å². The Hall–Kier alpha value is 0.700. The van der Waals surface area contributed by atoms with E-state index in [-0.39, 0.29) is 11.2 Å². The van der Waals surface area contributed by atoms with Crippen LogP contribution in [0.1, 0.15) is 41.5 Å². The zero-order valence-electron chi connectivity index (χ0n) is 8.71.